The molecule has 1 saturated heterocycles. The Labute approximate surface area is 88.9 Å². The Morgan fingerprint density at radius 1 is 1.67 bits per heavy atom. The molecule has 0 radical (unpaired) electrons. The zero-order valence-corrected chi connectivity index (χ0v) is 8.60. The van der Waals surface area contributed by atoms with Crippen molar-refractivity contribution in [3.05, 3.63) is 23.9 Å². The summed E-state index contributed by atoms with van der Waals surface area (Å²) in [7, 11) is 0. The summed E-state index contributed by atoms with van der Waals surface area (Å²) in [5.74, 6) is 0.747. The van der Waals surface area contributed by atoms with E-state index in [1.54, 1.807) is 18.3 Å². The highest BCUT2D eigenvalue weighted by Gasteiger charge is 2.24. The Balaban J connectivity index is 2.07. The van der Waals surface area contributed by atoms with Crippen LogP contribution in [0.1, 0.15) is 18.9 Å². The zero-order valence-electron chi connectivity index (χ0n) is 8.60. The summed E-state index contributed by atoms with van der Waals surface area (Å²) < 4.78 is 5.44. The lowest BCUT2D eigenvalue weighted by Gasteiger charge is -2.16. The van der Waals surface area contributed by atoms with Crippen LogP contribution in [0.15, 0.2) is 18.3 Å². The van der Waals surface area contributed by atoms with Crippen molar-refractivity contribution in [2.24, 2.45) is 0 Å². The molecule has 0 aromatic carbocycles. The number of pyridine rings is 1. The quantitative estimate of drug-likeness (QED) is 0.792. The van der Waals surface area contributed by atoms with Crippen LogP contribution in [0, 0.1) is 11.3 Å². The first kappa shape index (κ1) is 9.94. The maximum absolute atomic E-state index is 8.74. The Hall–Kier alpha value is -1.60. The van der Waals surface area contributed by atoms with Gasteiger partial charge in [0.25, 0.3) is 0 Å². The van der Waals surface area contributed by atoms with Crippen LogP contribution in [0.3, 0.4) is 0 Å². The molecule has 0 aliphatic carbocycles. The first-order valence-electron chi connectivity index (χ1n) is 5.04. The second-order valence-electron chi connectivity index (χ2n) is 3.66. The number of aromatic nitrogens is 1. The molecule has 0 amide bonds. The van der Waals surface area contributed by atoms with Crippen LogP contribution in [0.5, 0.6) is 0 Å². The molecule has 1 aliphatic rings. The van der Waals surface area contributed by atoms with E-state index in [0.29, 0.717) is 11.6 Å². The lowest BCUT2D eigenvalue weighted by Crippen LogP contribution is -2.27. The molecule has 4 heteroatoms. The molecule has 2 atom stereocenters. The van der Waals surface area contributed by atoms with E-state index in [2.05, 4.69) is 16.4 Å². The van der Waals surface area contributed by atoms with Crippen LogP contribution in [0.4, 0.5) is 5.82 Å². The summed E-state index contributed by atoms with van der Waals surface area (Å²) in [6.07, 6.45) is 2.83. The van der Waals surface area contributed by atoms with Crippen LogP contribution in [0.2, 0.25) is 0 Å². The molecule has 1 aromatic heterocycles. The molecule has 15 heavy (non-hydrogen) atoms. The summed E-state index contributed by atoms with van der Waals surface area (Å²) in [6.45, 7) is 2.83. The van der Waals surface area contributed by atoms with Crippen LogP contribution in [-0.4, -0.2) is 23.7 Å². The molecule has 0 spiro atoms. The lowest BCUT2D eigenvalue weighted by molar-refractivity contribution is 0.121. The van der Waals surface area contributed by atoms with Gasteiger partial charge in [-0.2, -0.15) is 5.26 Å². The highest BCUT2D eigenvalue weighted by Crippen LogP contribution is 2.17. The number of hydrogen-bond donors (Lipinski definition) is 1. The molecule has 2 rings (SSSR count). The fraction of sp³-hybridized carbons (Fsp3) is 0.455. The fourth-order valence-electron chi connectivity index (χ4n) is 1.69. The average Bonchev–Trinajstić information content (AvgIpc) is 2.65. The summed E-state index contributed by atoms with van der Waals surface area (Å²) >= 11 is 0. The monoisotopic (exact) mass is 203 g/mol. The molecule has 0 bridgehead atoms. The van der Waals surface area contributed by atoms with Crippen molar-refractivity contribution in [2.75, 3.05) is 11.9 Å². The number of nitrogens with zero attached hydrogens (tertiary/aromatic N) is 2. The minimum absolute atomic E-state index is 0.206. The predicted octanol–water partition coefficient (Wildman–Crippen LogP) is 1.54. The van der Waals surface area contributed by atoms with Gasteiger partial charge in [-0.1, -0.05) is 0 Å². The van der Waals surface area contributed by atoms with E-state index >= 15 is 0 Å². The number of ether oxygens (including phenoxy) is 1. The van der Waals surface area contributed by atoms with Gasteiger partial charge in [0.05, 0.1) is 23.8 Å². The SMILES string of the molecule is CC1OCCC1Nc1cc(C#N)ccn1. The van der Waals surface area contributed by atoms with Crippen molar-refractivity contribution in [3.63, 3.8) is 0 Å². The molecule has 1 N–H and O–H groups in total. The Kier molecular flexibility index (Phi) is 2.84. The topological polar surface area (TPSA) is 57.9 Å². The van der Waals surface area contributed by atoms with E-state index in [4.69, 9.17) is 10.00 Å². The van der Waals surface area contributed by atoms with Crippen LogP contribution >= 0.6 is 0 Å². The van der Waals surface area contributed by atoms with Crippen molar-refractivity contribution in [1.82, 2.24) is 4.98 Å². The smallest absolute Gasteiger partial charge is 0.127 e. The van der Waals surface area contributed by atoms with Crippen LogP contribution in [-0.2, 0) is 4.74 Å². The summed E-state index contributed by atoms with van der Waals surface area (Å²) in [4.78, 5) is 4.17. The first-order valence-corrected chi connectivity index (χ1v) is 5.04. The van der Waals surface area contributed by atoms with E-state index in [0.717, 1.165) is 18.8 Å². The summed E-state index contributed by atoms with van der Waals surface area (Å²) in [5.41, 5.74) is 0.624. The molecule has 2 unspecified atom stereocenters. The van der Waals surface area contributed by atoms with Gasteiger partial charge in [-0.3, -0.25) is 0 Å². The third-order valence-electron chi connectivity index (χ3n) is 2.60. The van der Waals surface area contributed by atoms with E-state index in [9.17, 15) is 0 Å². The number of rotatable bonds is 2. The number of nitriles is 1. The van der Waals surface area contributed by atoms with Gasteiger partial charge in [-0.15, -0.1) is 0 Å². The van der Waals surface area contributed by atoms with Gasteiger partial charge in [0.1, 0.15) is 5.82 Å². The molecular formula is C11H13N3O. The maximum Gasteiger partial charge on any atom is 0.127 e. The normalized spacial score (nSPS) is 24.8. The van der Waals surface area contributed by atoms with Crippen molar-refractivity contribution in [1.29, 1.82) is 5.26 Å². The van der Waals surface area contributed by atoms with Crippen LogP contribution in [0.25, 0.3) is 0 Å². The van der Waals surface area contributed by atoms with E-state index in [1.165, 1.54) is 0 Å². The third-order valence-corrected chi connectivity index (χ3v) is 2.60. The number of nitrogens with one attached hydrogen (secondary N) is 1. The lowest BCUT2D eigenvalue weighted by atomic mass is 10.1. The Morgan fingerprint density at radius 2 is 2.53 bits per heavy atom. The van der Waals surface area contributed by atoms with Crippen molar-refractivity contribution < 1.29 is 4.74 Å². The molecule has 1 fully saturated rings. The van der Waals surface area contributed by atoms with Gasteiger partial charge in [0, 0.05) is 12.8 Å². The Morgan fingerprint density at radius 3 is 3.20 bits per heavy atom. The first-order chi connectivity index (χ1) is 7.29. The Bertz CT molecular complexity index is 386. The highest BCUT2D eigenvalue weighted by atomic mass is 16.5. The third kappa shape index (κ3) is 2.25. The van der Waals surface area contributed by atoms with E-state index < -0.39 is 0 Å². The molecule has 0 saturated carbocycles. The van der Waals surface area contributed by atoms with Gasteiger partial charge in [0.15, 0.2) is 0 Å². The highest BCUT2D eigenvalue weighted by molar-refractivity contribution is 5.43. The van der Waals surface area contributed by atoms with Gasteiger partial charge < -0.3 is 10.1 Å². The zero-order chi connectivity index (χ0) is 10.7. The second-order valence-corrected chi connectivity index (χ2v) is 3.66. The number of hydrogen-bond acceptors (Lipinski definition) is 4. The van der Waals surface area contributed by atoms with Crippen LogP contribution < -0.4 is 5.32 Å². The minimum atomic E-state index is 0.206. The van der Waals surface area contributed by atoms with E-state index in [-0.39, 0.29) is 6.10 Å². The van der Waals surface area contributed by atoms with Crippen molar-refractivity contribution in [2.45, 2.75) is 25.5 Å². The van der Waals surface area contributed by atoms with Crippen molar-refractivity contribution in [3.8, 4) is 6.07 Å². The summed E-state index contributed by atoms with van der Waals surface area (Å²) in [5, 5.41) is 12.0. The predicted molar refractivity (Wildman–Crippen MR) is 56.4 cm³/mol. The molecule has 2 heterocycles. The summed E-state index contributed by atoms with van der Waals surface area (Å²) in [6, 6.07) is 5.84. The molecule has 4 nitrogen and oxygen atoms in total. The van der Waals surface area contributed by atoms with E-state index in [1.807, 2.05) is 6.92 Å². The molecule has 1 aliphatic heterocycles. The molecular weight excluding hydrogens is 190 g/mol. The second kappa shape index (κ2) is 4.28. The largest absolute Gasteiger partial charge is 0.376 e. The van der Waals surface area contributed by atoms with Gasteiger partial charge in [0.2, 0.25) is 0 Å². The molecule has 1 aromatic rings. The van der Waals surface area contributed by atoms with Gasteiger partial charge in [-0.25, -0.2) is 4.98 Å². The number of anilines is 1. The maximum atomic E-state index is 8.74. The molecule has 78 valence electrons. The van der Waals surface area contributed by atoms with Crippen molar-refractivity contribution >= 4 is 5.82 Å². The van der Waals surface area contributed by atoms with Gasteiger partial charge >= 0.3 is 0 Å². The fourth-order valence-corrected chi connectivity index (χ4v) is 1.69. The minimum Gasteiger partial charge on any atom is -0.376 e. The van der Waals surface area contributed by atoms with Gasteiger partial charge in [-0.05, 0) is 25.5 Å². The standard InChI is InChI=1S/C11H13N3O/c1-8-10(3-5-15-8)14-11-6-9(7-12)2-4-13-11/h2,4,6,8,10H,3,5H2,1H3,(H,13,14). The average molecular weight is 203 g/mol.